The van der Waals surface area contributed by atoms with E-state index in [2.05, 4.69) is 29.4 Å². The van der Waals surface area contributed by atoms with Crippen molar-refractivity contribution in [3.63, 3.8) is 0 Å². The fraction of sp³-hybridized carbons (Fsp3) is 0.217. The van der Waals surface area contributed by atoms with E-state index < -0.39 is 0 Å². The van der Waals surface area contributed by atoms with Gasteiger partial charge < -0.3 is 10.1 Å². The van der Waals surface area contributed by atoms with E-state index in [0.29, 0.717) is 11.6 Å². The van der Waals surface area contributed by atoms with Crippen LogP contribution in [0.1, 0.15) is 29.8 Å². The standard InChI is InChI=1S/C23H24ClN5O/c1-16(23-14-27-29(17(23)2)21-8-10-22(30-3)11-9-21)25-12-18-13-26-28(15-18)20-6-4-19(24)5-7-20/h4-11,13-16,25H,12H2,1-3H3/t16-/m1/s1. The van der Waals surface area contributed by atoms with Crippen LogP contribution in [0.3, 0.4) is 0 Å². The van der Waals surface area contributed by atoms with E-state index >= 15 is 0 Å². The molecule has 0 spiro atoms. The summed E-state index contributed by atoms with van der Waals surface area (Å²) in [4.78, 5) is 0. The van der Waals surface area contributed by atoms with Crippen LogP contribution in [-0.2, 0) is 6.54 Å². The average molecular weight is 422 g/mol. The number of halogens is 1. The van der Waals surface area contributed by atoms with E-state index in [1.807, 2.05) is 76.5 Å². The molecule has 0 amide bonds. The predicted molar refractivity (Wildman–Crippen MR) is 119 cm³/mol. The minimum atomic E-state index is 0.149. The minimum Gasteiger partial charge on any atom is -0.497 e. The van der Waals surface area contributed by atoms with Crippen LogP contribution in [0.5, 0.6) is 5.75 Å². The average Bonchev–Trinajstić information content (AvgIpc) is 3.39. The molecule has 0 aliphatic rings. The summed E-state index contributed by atoms with van der Waals surface area (Å²) in [5.41, 5.74) is 5.37. The Balaban J connectivity index is 1.43. The van der Waals surface area contributed by atoms with Gasteiger partial charge in [-0.15, -0.1) is 0 Å². The SMILES string of the molecule is COc1ccc(-n2ncc([C@@H](C)NCc3cnn(-c4ccc(Cl)cc4)c3)c2C)cc1. The molecule has 0 radical (unpaired) electrons. The molecule has 154 valence electrons. The van der Waals surface area contributed by atoms with Crippen molar-refractivity contribution in [1.82, 2.24) is 24.9 Å². The number of ether oxygens (including phenoxy) is 1. The summed E-state index contributed by atoms with van der Waals surface area (Å²) in [6.45, 7) is 4.94. The number of hydrogen-bond donors (Lipinski definition) is 1. The summed E-state index contributed by atoms with van der Waals surface area (Å²) >= 11 is 5.96. The highest BCUT2D eigenvalue weighted by atomic mass is 35.5. The monoisotopic (exact) mass is 421 g/mol. The normalized spacial score (nSPS) is 12.1. The molecular weight excluding hydrogens is 398 g/mol. The van der Waals surface area contributed by atoms with E-state index in [-0.39, 0.29) is 6.04 Å². The Kier molecular flexibility index (Phi) is 5.88. The van der Waals surface area contributed by atoms with Crippen molar-refractivity contribution in [3.05, 3.63) is 89.0 Å². The van der Waals surface area contributed by atoms with Crippen molar-refractivity contribution in [2.24, 2.45) is 0 Å². The molecule has 0 saturated carbocycles. The second kappa shape index (κ2) is 8.73. The van der Waals surface area contributed by atoms with Crippen molar-refractivity contribution >= 4 is 11.6 Å². The number of nitrogens with zero attached hydrogens (tertiary/aromatic N) is 4. The van der Waals surface area contributed by atoms with Gasteiger partial charge in [-0.1, -0.05) is 11.6 Å². The molecule has 1 atom stereocenters. The molecule has 30 heavy (non-hydrogen) atoms. The third-order valence-corrected chi connectivity index (χ3v) is 5.42. The molecule has 4 aromatic rings. The highest BCUT2D eigenvalue weighted by Gasteiger charge is 2.14. The predicted octanol–water partition coefficient (Wildman–Crippen LogP) is 4.88. The van der Waals surface area contributed by atoms with Gasteiger partial charge in [0.15, 0.2) is 0 Å². The first kappa shape index (κ1) is 20.2. The molecule has 2 heterocycles. The van der Waals surface area contributed by atoms with Crippen LogP contribution in [0.15, 0.2) is 67.1 Å². The number of rotatable bonds is 7. The zero-order chi connectivity index (χ0) is 21.1. The fourth-order valence-electron chi connectivity index (χ4n) is 3.40. The zero-order valence-electron chi connectivity index (χ0n) is 17.2. The Bertz CT molecular complexity index is 1120. The van der Waals surface area contributed by atoms with Gasteiger partial charge >= 0.3 is 0 Å². The molecule has 0 aliphatic carbocycles. The van der Waals surface area contributed by atoms with Gasteiger partial charge in [-0.2, -0.15) is 10.2 Å². The third kappa shape index (κ3) is 4.25. The third-order valence-electron chi connectivity index (χ3n) is 5.17. The van der Waals surface area contributed by atoms with E-state index in [1.54, 1.807) is 7.11 Å². The second-order valence-electron chi connectivity index (χ2n) is 7.17. The van der Waals surface area contributed by atoms with E-state index in [0.717, 1.165) is 33.9 Å². The van der Waals surface area contributed by atoms with E-state index in [4.69, 9.17) is 16.3 Å². The number of nitrogens with one attached hydrogen (secondary N) is 1. The van der Waals surface area contributed by atoms with Crippen molar-refractivity contribution in [2.75, 3.05) is 7.11 Å². The van der Waals surface area contributed by atoms with Crippen LogP contribution in [0.2, 0.25) is 5.02 Å². The molecule has 2 aromatic carbocycles. The highest BCUT2D eigenvalue weighted by Crippen LogP contribution is 2.22. The lowest BCUT2D eigenvalue weighted by atomic mass is 10.1. The molecule has 0 unspecified atom stereocenters. The summed E-state index contributed by atoms with van der Waals surface area (Å²) in [5.74, 6) is 0.831. The van der Waals surface area contributed by atoms with Crippen LogP contribution in [0.4, 0.5) is 0 Å². The van der Waals surface area contributed by atoms with E-state index in [1.165, 1.54) is 0 Å². The molecule has 2 aromatic heterocycles. The van der Waals surface area contributed by atoms with Crippen molar-refractivity contribution in [3.8, 4) is 17.1 Å². The maximum atomic E-state index is 5.96. The number of benzene rings is 2. The van der Waals surface area contributed by atoms with Crippen LogP contribution >= 0.6 is 11.6 Å². The molecule has 7 heteroatoms. The van der Waals surface area contributed by atoms with Gasteiger partial charge in [0.25, 0.3) is 0 Å². The lowest BCUT2D eigenvalue weighted by Gasteiger charge is -2.13. The topological polar surface area (TPSA) is 56.9 Å². The largest absolute Gasteiger partial charge is 0.497 e. The van der Waals surface area contributed by atoms with Crippen LogP contribution < -0.4 is 10.1 Å². The molecular formula is C23H24ClN5O. The van der Waals surface area contributed by atoms with Crippen molar-refractivity contribution < 1.29 is 4.74 Å². The summed E-state index contributed by atoms with van der Waals surface area (Å²) in [7, 11) is 1.67. The van der Waals surface area contributed by atoms with Crippen LogP contribution in [-0.4, -0.2) is 26.7 Å². The quantitative estimate of drug-likeness (QED) is 0.462. The van der Waals surface area contributed by atoms with Gasteiger partial charge in [0.1, 0.15) is 5.75 Å². The molecule has 6 nitrogen and oxygen atoms in total. The maximum absolute atomic E-state index is 5.96. The maximum Gasteiger partial charge on any atom is 0.119 e. The van der Waals surface area contributed by atoms with Crippen LogP contribution in [0, 0.1) is 6.92 Å². The lowest BCUT2D eigenvalue weighted by molar-refractivity contribution is 0.414. The first-order valence-electron chi connectivity index (χ1n) is 9.77. The second-order valence-corrected chi connectivity index (χ2v) is 7.60. The zero-order valence-corrected chi connectivity index (χ0v) is 18.0. The molecule has 4 rings (SSSR count). The highest BCUT2D eigenvalue weighted by molar-refractivity contribution is 6.30. The number of methoxy groups -OCH3 is 1. The van der Waals surface area contributed by atoms with Gasteiger partial charge in [0.05, 0.1) is 30.9 Å². The Morgan fingerprint density at radius 1 is 1.00 bits per heavy atom. The molecule has 0 bridgehead atoms. The molecule has 0 fully saturated rings. The smallest absolute Gasteiger partial charge is 0.119 e. The lowest BCUT2D eigenvalue weighted by Crippen LogP contribution is -2.18. The Morgan fingerprint density at radius 2 is 1.70 bits per heavy atom. The van der Waals surface area contributed by atoms with Gasteiger partial charge in [-0.05, 0) is 62.4 Å². The Hall–Kier alpha value is -3.09. The van der Waals surface area contributed by atoms with Gasteiger partial charge in [-0.25, -0.2) is 9.36 Å². The summed E-state index contributed by atoms with van der Waals surface area (Å²) < 4.78 is 9.04. The van der Waals surface area contributed by atoms with Crippen LogP contribution in [0.25, 0.3) is 11.4 Å². The Morgan fingerprint density at radius 3 is 2.40 bits per heavy atom. The van der Waals surface area contributed by atoms with Gasteiger partial charge in [-0.3, -0.25) is 0 Å². The number of aromatic nitrogens is 4. The van der Waals surface area contributed by atoms with Gasteiger partial charge in [0.2, 0.25) is 0 Å². The first-order chi connectivity index (χ1) is 14.5. The number of hydrogen-bond acceptors (Lipinski definition) is 4. The minimum absolute atomic E-state index is 0.149. The van der Waals surface area contributed by atoms with Gasteiger partial charge in [0, 0.05) is 40.6 Å². The summed E-state index contributed by atoms with van der Waals surface area (Å²) in [5, 5.41) is 13.3. The summed E-state index contributed by atoms with van der Waals surface area (Å²) in [6.07, 6.45) is 5.83. The van der Waals surface area contributed by atoms with Crippen molar-refractivity contribution in [1.29, 1.82) is 0 Å². The molecule has 0 aliphatic heterocycles. The summed E-state index contributed by atoms with van der Waals surface area (Å²) in [6, 6.07) is 15.7. The Labute approximate surface area is 181 Å². The molecule has 0 saturated heterocycles. The molecule has 1 N–H and O–H groups in total. The van der Waals surface area contributed by atoms with E-state index in [9.17, 15) is 0 Å². The fourth-order valence-corrected chi connectivity index (χ4v) is 3.52. The van der Waals surface area contributed by atoms with Crippen molar-refractivity contribution in [2.45, 2.75) is 26.4 Å². The first-order valence-corrected chi connectivity index (χ1v) is 10.1.